The summed E-state index contributed by atoms with van der Waals surface area (Å²) < 4.78 is 6.39. The van der Waals surface area contributed by atoms with Crippen molar-refractivity contribution in [1.29, 1.82) is 0 Å². The summed E-state index contributed by atoms with van der Waals surface area (Å²) in [5.41, 5.74) is 0. The monoisotopic (exact) mass is 297 g/mol. The van der Waals surface area contributed by atoms with Crippen LogP contribution in [0.4, 0.5) is 0 Å². The van der Waals surface area contributed by atoms with Crippen LogP contribution in [-0.4, -0.2) is 30.5 Å². The van der Waals surface area contributed by atoms with E-state index in [1.54, 1.807) is 0 Å². The van der Waals surface area contributed by atoms with Crippen molar-refractivity contribution in [3.05, 3.63) is 28.7 Å². The molecule has 1 aromatic rings. The Morgan fingerprint density at radius 3 is 2.65 bits per heavy atom. The highest BCUT2D eigenvalue weighted by Gasteiger charge is 2.16. The van der Waals surface area contributed by atoms with Crippen molar-refractivity contribution in [2.75, 3.05) is 19.7 Å². The largest absolute Gasteiger partial charge is 0.483 e. The highest BCUT2D eigenvalue weighted by Crippen LogP contribution is 2.23. The van der Waals surface area contributed by atoms with Gasteiger partial charge in [-0.1, -0.05) is 12.1 Å². The van der Waals surface area contributed by atoms with Crippen LogP contribution < -0.4 is 4.74 Å². The van der Waals surface area contributed by atoms with Crippen molar-refractivity contribution < 1.29 is 9.53 Å². The summed E-state index contributed by atoms with van der Waals surface area (Å²) in [5, 5.41) is 0. The van der Waals surface area contributed by atoms with Gasteiger partial charge in [0.05, 0.1) is 4.47 Å². The Hall–Kier alpha value is -1.03. The van der Waals surface area contributed by atoms with Crippen molar-refractivity contribution in [2.24, 2.45) is 0 Å². The summed E-state index contributed by atoms with van der Waals surface area (Å²) in [6.07, 6.45) is 3.45. The average molecular weight is 298 g/mol. The lowest BCUT2D eigenvalue weighted by Crippen LogP contribution is -2.38. The van der Waals surface area contributed by atoms with Gasteiger partial charge in [-0.25, -0.2) is 0 Å². The Bertz CT molecular complexity index is 389. The zero-order valence-electron chi connectivity index (χ0n) is 9.69. The van der Waals surface area contributed by atoms with Crippen molar-refractivity contribution >= 4 is 21.8 Å². The van der Waals surface area contributed by atoms with Gasteiger partial charge in [0.1, 0.15) is 5.75 Å². The van der Waals surface area contributed by atoms with E-state index in [-0.39, 0.29) is 12.5 Å². The van der Waals surface area contributed by atoms with Crippen molar-refractivity contribution in [3.8, 4) is 5.75 Å². The fraction of sp³-hybridized carbons (Fsp3) is 0.462. The van der Waals surface area contributed by atoms with Crippen LogP contribution >= 0.6 is 15.9 Å². The van der Waals surface area contributed by atoms with Crippen LogP contribution in [0.15, 0.2) is 28.7 Å². The lowest BCUT2D eigenvalue weighted by Gasteiger charge is -2.26. The number of piperidine rings is 1. The van der Waals surface area contributed by atoms with Gasteiger partial charge in [0.15, 0.2) is 6.61 Å². The second-order valence-corrected chi connectivity index (χ2v) is 5.01. The second-order valence-electron chi connectivity index (χ2n) is 4.16. The third-order valence-corrected chi connectivity index (χ3v) is 3.55. The molecule has 1 amide bonds. The number of ether oxygens (including phenoxy) is 1. The molecule has 0 N–H and O–H groups in total. The SMILES string of the molecule is O=C(COc1ccccc1Br)N1CCCCC1. The molecule has 1 aliphatic rings. The molecule has 2 rings (SSSR count). The number of benzene rings is 1. The van der Waals surface area contributed by atoms with Gasteiger partial charge in [-0.2, -0.15) is 0 Å². The number of nitrogens with zero attached hydrogens (tertiary/aromatic N) is 1. The fourth-order valence-corrected chi connectivity index (χ4v) is 2.34. The highest BCUT2D eigenvalue weighted by atomic mass is 79.9. The standard InChI is InChI=1S/C13H16BrNO2/c14-11-6-2-3-7-12(11)17-10-13(16)15-8-4-1-5-9-15/h2-3,6-7H,1,4-5,8-10H2. The molecule has 17 heavy (non-hydrogen) atoms. The van der Waals surface area contributed by atoms with E-state index in [1.807, 2.05) is 29.2 Å². The molecule has 4 heteroatoms. The van der Waals surface area contributed by atoms with E-state index in [4.69, 9.17) is 4.74 Å². The quantitative estimate of drug-likeness (QED) is 0.859. The molecule has 0 aliphatic carbocycles. The molecule has 0 radical (unpaired) electrons. The first kappa shape index (κ1) is 12.4. The molecular weight excluding hydrogens is 282 g/mol. The number of hydrogen-bond acceptors (Lipinski definition) is 2. The number of hydrogen-bond donors (Lipinski definition) is 0. The van der Waals surface area contributed by atoms with Crippen LogP contribution in [0.1, 0.15) is 19.3 Å². The first-order valence-electron chi connectivity index (χ1n) is 5.92. The van der Waals surface area contributed by atoms with Gasteiger partial charge in [-0.15, -0.1) is 0 Å². The van der Waals surface area contributed by atoms with Gasteiger partial charge >= 0.3 is 0 Å². The van der Waals surface area contributed by atoms with Crippen LogP contribution in [0.2, 0.25) is 0 Å². The van der Waals surface area contributed by atoms with Crippen LogP contribution in [-0.2, 0) is 4.79 Å². The molecular formula is C13H16BrNO2. The lowest BCUT2D eigenvalue weighted by molar-refractivity contribution is -0.134. The molecule has 0 saturated carbocycles. The molecule has 1 heterocycles. The van der Waals surface area contributed by atoms with Crippen molar-refractivity contribution in [3.63, 3.8) is 0 Å². The maximum Gasteiger partial charge on any atom is 0.260 e. The number of para-hydroxylation sites is 1. The summed E-state index contributed by atoms with van der Waals surface area (Å²) in [4.78, 5) is 13.8. The Kier molecular flexibility index (Phi) is 4.42. The third kappa shape index (κ3) is 3.46. The Balaban J connectivity index is 1.85. The number of carbonyl (C=O) groups is 1. The van der Waals surface area contributed by atoms with Crippen molar-refractivity contribution in [2.45, 2.75) is 19.3 Å². The van der Waals surface area contributed by atoms with Gasteiger partial charge < -0.3 is 9.64 Å². The normalized spacial score (nSPS) is 15.7. The minimum atomic E-state index is 0.0838. The molecule has 1 fully saturated rings. The molecule has 1 aliphatic heterocycles. The summed E-state index contributed by atoms with van der Waals surface area (Å²) >= 11 is 3.39. The Labute approximate surface area is 110 Å². The van der Waals surface area contributed by atoms with Crippen LogP contribution in [0.25, 0.3) is 0 Å². The first-order valence-corrected chi connectivity index (χ1v) is 6.72. The molecule has 1 saturated heterocycles. The Morgan fingerprint density at radius 2 is 1.94 bits per heavy atom. The van der Waals surface area contributed by atoms with Gasteiger partial charge in [-0.05, 0) is 47.3 Å². The predicted molar refractivity (Wildman–Crippen MR) is 70.1 cm³/mol. The maximum absolute atomic E-state index is 11.9. The molecule has 1 aromatic carbocycles. The van der Waals surface area contributed by atoms with Crippen molar-refractivity contribution in [1.82, 2.24) is 4.90 Å². The molecule has 0 atom stereocenters. The van der Waals surface area contributed by atoms with Gasteiger partial charge in [0.25, 0.3) is 5.91 Å². The van der Waals surface area contributed by atoms with Crippen LogP contribution in [0.5, 0.6) is 5.75 Å². The summed E-state index contributed by atoms with van der Waals surface area (Å²) in [6, 6.07) is 7.57. The average Bonchev–Trinajstić information content (AvgIpc) is 2.38. The summed E-state index contributed by atoms with van der Waals surface area (Å²) in [7, 11) is 0. The minimum absolute atomic E-state index is 0.0838. The Morgan fingerprint density at radius 1 is 1.24 bits per heavy atom. The molecule has 0 aromatic heterocycles. The van der Waals surface area contributed by atoms with E-state index >= 15 is 0 Å². The van der Waals surface area contributed by atoms with Gasteiger partial charge in [0.2, 0.25) is 0 Å². The summed E-state index contributed by atoms with van der Waals surface area (Å²) in [5.74, 6) is 0.804. The van der Waals surface area contributed by atoms with E-state index in [2.05, 4.69) is 15.9 Å². The van der Waals surface area contributed by atoms with E-state index in [0.29, 0.717) is 0 Å². The third-order valence-electron chi connectivity index (χ3n) is 2.90. The lowest BCUT2D eigenvalue weighted by atomic mass is 10.1. The highest BCUT2D eigenvalue weighted by molar-refractivity contribution is 9.10. The van der Waals surface area contributed by atoms with Gasteiger partial charge in [-0.3, -0.25) is 4.79 Å². The topological polar surface area (TPSA) is 29.5 Å². The molecule has 0 unspecified atom stereocenters. The number of amides is 1. The fourth-order valence-electron chi connectivity index (χ4n) is 1.94. The molecule has 0 spiro atoms. The molecule has 3 nitrogen and oxygen atoms in total. The van der Waals surface area contributed by atoms with E-state index in [9.17, 15) is 4.79 Å². The minimum Gasteiger partial charge on any atom is -0.483 e. The molecule has 0 bridgehead atoms. The summed E-state index contributed by atoms with van der Waals surface area (Å²) in [6.45, 7) is 1.87. The van der Waals surface area contributed by atoms with E-state index in [1.165, 1.54) is 6.42 Å². The van der Waals surface area contributed by atoms with Crippen LogP contribution in [0.3, 0.4) is 0 Å². The van der Waals surface area contributed by atoms with Crippen LogP contribution in [0, 0.1) is 0 Å². The number of likely N-dealkylation sites (tertiary alicyclic amines) is 1. The first-order chi connectivity index (χ1) is 8.27. The number of carbonyl (C=O) groups excluding carboxylic acids is 1. The zero-order chi connectivity index (χ0) is 12.1. The maximum atomic E-state index is 11.9. The van der Waals surface area contributed by atoms with E-state index < -0.39 is 0 Å². The smallest absolute Gasteiger partial charge is 0.260 e. The number of rotatable bonds is 3. The second kappa shape index (κ2) is 6.05. The molecule has 92 valence electrons. The van der Waals surface area contributed by atoms with Gasteiger partial charge in [0, 0.05) is 13.1 Å². The predicted octanol–water partition coefficient (Wildman–Crippen LogP) is 2.84. The zero-order valence-corrected chi connectivity index (χ0v) is 11.3. The van der Waals surface area contributed by atoms with E-state index in [0.717, 1.165) is 36.2 Å². The number of halogens is 1.